The van der Waals surface area contributed by atoms with Crippen LogP contribution in [0.3, 0.4) is 0 Å². The Balaban J connectivity index is 4.35. The lowest BCUT2D eigenvalue weighted by Gasteiger charge is -2.25. The molecule has 0 aromatic rings. The van der Waals surface area contributed by atoms with E-state index in [9.17, 15) is 9.59 Å². The summed E-state index contributed by atoms with van der Waals surface area (Å²) >= 11 is 0. The van der Waals surface area contributed by atoms with Crippen molar-refractivity contribution in [3.63, 3.8) is 0 Å². The smallest absolute Gasteiger partial charge is 0.319 e. The second-order valence-electron chi connectivity index (χ2n) is 5.56. The molecule has 0 amide bonds. The number of hydrogen-bond donors (Lipinski definition) is 2. The Morgan fingerprint density at radius 3 is 1.46 bits per heavy atom. The van der Waals surface area contributed by atoms with Crippen LogP contribution < -0.4 is 11.5 Å². The fraction of sp³-hybridized carbons (Fsp3) is 0.875. The van der Waals surface area contributed by atoms with Crippen molar-refractivity contribution in [2.45, 2.75) is 39.5 Å². The van der Waals surface area contributed by atoms with E-state index in [2.05, 4.69) is 22.5 Å². The van der Waals surface area contributed by atoms with Gasteiger partial charge in [0, 0.05) is 48.1 Å². The first-order chi connectivity index (χ1) is 12.6. The lowest BCUT2D eigenvalue weighted by atomic mass is 10.3. The number of ether oxygens (including phenoxy) is 2. The van der Waals surface area contributed by atoms with Gasteiger partial charge in [0.05, 0.1) is 13.1 Å². The van der Waals surface area contributed by atoms with E-state index in [0.29, 0.717) is 26.3 Å². The number of carbonyl (C=O) groups is 2. The summed E-state index contributed by atoms with van der Waals surface area (Å²) in [6, 6.07) is 0. The average molecular weight is 411 g/mol. The number of rotatable bonds is 17. The molecule has 0 spiro atoms. The topological polar surface area (TPSA) is 111 Å². The summed E-state index contributed by atoms with van der Waals surface area (Å²) in [6.45, 7) is 7.88. The van der Waals surface area contributed by atoms with Crippen molar-refractivity contribution < 1.29 is 19.1 Å². The number of carbonyl (C=O) groups excluding carboxylic acids is 2. The molecule has 0 aliphatic heterocycles. The van der Waals surface area contributed by atoms with Crippen LogP contribution in [0.1, 0.15) is 39.5 Å². The van der Waals surface area contributed by atoms with Gasteiger partial charge in [-0.1, -0.05) is 26.7 Å². The minimum atomic E-state index is -0.385. The van der Waals surface area contributed by atoms with Gasteiger partial charge in [-0.15, -0.1) is 0 Å². The Morgan fingerprint density at radius 1 is 0.769 bits per heavy atom. The molecule has 0 bridgehead atoms. The van der Waals surface area contributed by atoms with Gasteiger partial charge in [-0.05, 0) is 12.8 Å². The molecule has 0 rings (SSSR count). The Bertz CT molecular complexity index is 344. The van der Waals surface area contributed by atoms with Crippen LogP contribution in [0.25, 0.3) is 0 Å². The molecule has 0 atom stereocenters. The van der Waals surface area contributed by atoms with Crippen LogP contribution in [0.4, 0.5) is 0 Å². The van der Waals surface area contributed by atoms with E-state index >= 15 is 0 Å². The minimum Gasteiger partial charge on any atom is -0.463 e. The molecule has 0 aromatic carbocycles. The summed E-state index contributed by atoms with van der Waals surface area (Å²) in [7, 11) is 3.26. The van der Waals surface area contributed by atoms with Crippen molar-refractivity contribution >= 4 is 33.9 Å². The molecule has 154 valence electrons. The largest absolute Gasteiger partial charge is 0.463 e. The Hall–Kier alpha value is -0.520. The number of nitrogens with zero attached hydrogens (tertiary/aromatic N) is 2. The third kappa shape index (κ3) is 14.6. The summed E-state index contributed by atoms with van der Waals surface area (Å²) in [6.07, 6.45) is 4.33. The molecule has 0 fully saturated rings. The molecule has 0 saturated heterocycles. The third-order valence-corrected chi connectivity index (χ3v) is 5.99. The zero-order valence-electron chi connectivity index (χ0n) is 16.0. The summed E-state index contributed by atoms with van der Waals surface area (Å²) in [5.41, 5.74) is 10.5. The highest BCUT2D eigenvalue weighted by atomic mass is 33.1. The zero-order chi connectivity index (χ0) is 19.6. The van der Waals surface area contributed by atoms with Crippen molar-refractivity contribution in [3.8, 4) is 0 Å². The fourth-order valence-electron chi connectivity index (χ4n) is 1.78. The van der Waals surface area contributed by atoms with Crippen molar-refractivity contribution in [3.05, 3.63) is 0 Å². The van der Waals surface area contributed by atoms with E-state index in [0.717, 1.165) is 38.8 Å². The van der Waals surface area contributed by atoms with E-state index in [4.69, 9.17) is 20.9 Å². The maximum Gasteiger partial charge on any atom is 0.319 e. The second-order valence-corrected chi connectivity index (χ2v) is 7.79. The summed E-state index contributed by atoms with van der Waals surface area (Å²) in [4.78, 5) is 22.3. The molecular formula is C16H34N4O4S2. The van der Waals surface area contributed by atoms with E-state index in [-0.39, 0.29) is 25.0 Å². The number of esters is 2. The number of unbranched alkanes of at least 4 members (excludes halogenated alkanes) is 2. The van der Waals surface area contributed by atoms with Gasteiger partial charge < -0.3 is 20.9 Å². The number of nitrogens with two attached hydrogens (primary N) is 2. The van der Waals surface area contributed by atoms with Crippen LogP contribution in [-0.2, 0) is 19.1 Å². The molecule has 0 aliphatic carbocycles. The monoisotopic (exact) mass is 410 g/mol. The SMILES string of the molecule is CCCCN(CCOC(=O)CN)SSN(CCCC)CCOC(=O)CN. The minimum absolute atomic E-state index is 0.0941. The summed E-state index contributed by atoms with van der Waals surface area (Å²) in [5.74, 6) is -0.770. The highest BCUT2D eigenvalue weighted by Gasteiger charge is 2.13. The van der Waals surface area contributed by atoms with Crippen LogP contribution in [0.2, 0.25) is 0 Å². The first-order valence-corrected chi connectivity index (χ1v) is 11.2. The quantitative estimate of drug-likeness (QED) is 0.207. The zero-order valence-corrected chi connectivity index (χ0v) is 17.6. The molecule has 8 nitrogen and oxygen atoms in total. The summed E-state index contributed by atoms with van der Waals surface area (Å²) in [5, 5.41) is 0. The first-order valence-electron chi connectivity index (χ1n) is 9.13. The maximum atomic E-state index is 11.2. The second kappa shape index (κ2) is 17.9. The lowest BCUT2D eigenvalue weighted by Crippen LogP contribution is -2.28. The van der Waals surface area contributed by atoms with Gasteiger partial charge in [0.2, 0.25) is 0 Å². The Labute approximate surface area is 165 Å². The molecule has 0 saturated carbocycles. The van der Waals surface area contributed by atoms with Gasteiger partial charge in [-0.2, -0.15) is 0 Å². The molecule has 0 aliphatic rings. The standard InChI is InChI=1S/C16H34N4O4S2/c1-3-5-7-19(9-11-23-15(21)13-17)25-26-20(8-6-4-2)10-12-24-16(22)14-18/h3-14,17-18H2,1-2H3. The van der Waals surface area contributed by atoms with Gasteiger partial charge in [0.1, 0.15) is 13.2 Å². The van der Waals surface area contributed by atoms with Gasteiger partial charge in [0.25, 0.3) is 0 Å². The molecule has 26 heavy (non-hydrogen) atoms. The molecule has 0 radical (unpaired) electrons. The van der Waals surface area contributed by atoms with Gasteiger partial charge >= 0.3 is 11.9 Å². The van der Waals surface area contributed by atoms with Crippen molar-refractivity contribution in [2.24, 2.45) is 11.5 Å². The van der Waals surface area contributed by atoms with Crippen LogP contribution in [0.15, 0.2) is 0 Å². The first kappa shape index (κ1) is 25.5. The fourth-order valence-corrected chi connectivity index (χ4v) is 4.13. The van der Waals surface area contributed by atoms with E-state index < -0.39 is 0 Å². The van der Waals surface area contributed by atoms with Gasteiger partial charge in [-0.25, -0.2) is 8.61 Å². The molecule has 0 unspecified atom stereocenters. The highest BCUT2D eigenvalue weighted by molar-refractivity contribution is 8.74. The van der Waals surface area contributed by atoms with E-state index in [1.54, 1.807) is 22.0 Å². The van der Waals surface area contributed by atoms with Gasteiger partial charge in [0.15, 0.2) is 0 Å². The molecule has 0 heterocycles. The molecule has 4 N–H and O–H groups in total. The van der Waals surface area contributed by atoms with Crippen LogP contribution in [0, 0.1) is 0 Å². The van der Waals surface area contributed by atoms with Gasteiger partial charge in [-0.3, -0.25) is 9.59 Å². The predicted octanol–water partition coefficient (Wildman–Crippen LogP) is 1.41. The highest BCUT2D eigenvalue weighted by Crippen LogP contribution is 2.30. The van der Waals surface area contributed by atoms with Crippen molar-refractivity contribution in [1.29, 1.82) is 0 Å². The van der Waals surface area contributed by atoms with Crippen molar-refractivity contribution in [2.75, 3.05) is 52.5 Å². The lowest BCUT2D eigenvalue weighted by molar-refractivity contribution is -0.142. The van der Waals surface area contributed by atoms with Crippen LogP contribution >= 0.6 is 22.0 Å². The molecule has 10 heteroatoms. The molecule has 0 aromatic heterocycles. The maximum absolute atomic E-state index is 11.2. The summed E-state index contributed by atoms with van der Waals surface area (Å²) < 4.78 is 14.5. The van der Waals surface area contributed by atoms with Crippen LogP contribution in [-0.4, -0.2) is 73.0 Å². The van der Waals surface area contributed by atoms with E-state index in [1.165, 1.54) is 0 Å². The Kier molecular flexibility index (Phi) is 17.5. The predicted molar refractivity (Wildman–Crippen MR) is 108 cm³/mol. The third-order valence-electron chi connectivity index (χ3n) is 3.31. The number of hydrogen-bond acceptors (Lipinski definition) is 10. The normalized spacial score (nSPS) is 11.2. The van der Waals surface area contributed by atoms with Crippen LogP contribution in [0.5, 0.6) is 0 Å². The molecular weight excluding hydrogens is 376 g/mol. The van der Waals surface area contributed by atoms with E-state index in [1.807, 2.05) is 0 Å². The Morgan fingerprint density at radius 2 is 1.15 bits per heavy atom. The average Bonchev–Trinajstić information content (AvgIpc) is 2.66. The van der Waals surface area contributed by atoms with Crippen molar-refractivity contribution in [1.82, 2.24) is 8.61 Å².